The van der Waals surface area contributed by atoms with E-state index < -0.39 is 0 Å². The predicted molar refractivity (Wildman–Crippen MR) is 57.6 cm³/mol. The Morgan fingerprint density at radius 2 is 2.31 bits per heavy atom. The van der Waals surface area contributed by atoms with Crippen LogP contribution in [0, 0.1) is 5.92 Å². The summed E-state index contributed by atoms with van der Waals surface area (Å²) in [5.41, 5.74) is -0.105. The fourth-order valence-corrected chi connectivity index (χ4v) is 2.16. The smallest absolute Gasteiger partial charge is 0.221 e. The first-order valence-corrected chi connectivity index (χ1v) is 5.61. The Labute approximate surface area is 84.2 Å². The number of hydrogen-bond donors (Lipinski definition) is 1. The van der Waals surface area contributed by atoms with Crippen LogP contribution in [0.5, 0.6) is 0 Å². The summed E-state index contributed by atoms with van der Waals surface area (Å²) in [6, 6.07) is 0. The van der Waals surface area contributed by atoms with Gasteiger partial charge in [0, 0.05) is 17.7 Å². The lowest BCUT2D eigenvalue weighted by molar-refractivity contribution is -0.122. The Morgan fingerprint density at radius 1 is 1.62 bits per heavy atom. The van der Waals surface area contributed by atoms with Crippen molar-refractivity contribution in [1.82, 2.24) is 5.32 Å². The Morgan fingerprint density at radius 3 is 2.77 bits per heavy atom. The summed E-state index contributed by atoms with van der Waals surface area (Å²) < 4.78 is 0. The second-order valence-corrected chi connectivity index (χ2v) is 5.36. The van der Waals surface area contributed by atoms with Crippen molar-refractivity contribution in [3.63, 3.8) is 0 Å². The summed E-state index contributed by atoms with van der Waals surface area (Å²) in [6.45, 7) is 6.01. The molecular formula is C10H17NOS. The number of nitrogens with one attached hydrogen (secondary N) is 1. The SMILES string of the molecule is CC(C)(C)NC(=O)CC1C=CSC1. The van der Waals surface area contributed by atoms with E-state index in [1.54, 1.807) is 11.8 Å². The van der Waals surface area contributed by atoms with E-state index in [4.69, 9.17) is 0 Å². The Kier molecular flexibility index (Phi) is 3.42. The topological polar surface area (TPSA) is 29.1 Å². The molecule has 13 heavy (non-hydrogen) atoms. The van der Waals surface area contributed by atoms with Crippen molar-refractivity contribution < 1.29 is 4.79 Å². The number of amides is 1. The molecule has 1 atom stereocenters. The van der Waals surface area contributed by atoms with Crippen molar-refractivity contribution in [2.24, 2.45) is 5.92 Å². The maximum Gasteiger partial charge on any atom is 0.221 e. The van der Waals surface area contributed by atoms with Crippen LogP contribution in [0.25, 0.3) is 0 Å². The van der Waals surface area contributed by atoms with Gasteiger partial charge in [0.15, 0.2) is 0 Å². The van der Waals surface area contributed by atoms with E-state index in [0.29, 0.717) is 12.3 Å². The number of carbonyl (C=O) groups excluding carboxylic acids is 1. The molecule has 3 heteroatoms. The van der Waals surface area contributed by atoms with Crippen molar-refractivity contribution >= 4 is 17.7 Å². The van der Waals surface area contributed by atoms with Crippen LogP contribution in [0.2, 0.25) is 0 Å². The van der Waals surface area contributed by atoms with Crippen molar-refractivity contribution in [2.75, 3.05) is 5.75 Å². The number of carbonyl (C=O) groups is 1. The van der Waals surface area contributed by atoms with Gasteiger partial charge in [0.25, 0.3) is 0 Å². The molecule has 0 saturated heterocycles. The summed E-state index contributed by atoms with van der Waals surface area (Å²) in [7, 11) is 0. The summed E-state index contributed by atoms with van der Waals surface area (Å²) >= 11 is 1.78. The number of thioether (sulfide) groups is 1. The molecule has 1 amide bonds. The molecule has 1 rings (SSSR count). The van der Waals surface area contributed by atoms with Crippen molar-refractivity contribution in [3.8, 4) is 0 Å². The zero-order chi connectivity index (χ0) is 9.90. The molecule has 0 radical (unpaired) electrons. The first-order valence-electron chi connectivity index (χ1n) is 4.57. The maximum atomic E-state index is 11.5. The standard InChI is InChI=1S/C10H17NOS/c1-10(2,3)11-9(12)6-8-4-5-13-7-8/h4-5,8H,6-7H2,1-3H3,(H,11,12). The maximum absolute atomic E-state index is 11.5. The Balaban J connectivity index is 2.29. The third kappa shape index (κ3) is 4.36. The van der Waals surface area contributed by atoms with Crippen LogP contribution in [-0.4, -0.2) is 17.2 Å². The van der Waals surface area contributed by atoms with E-state index in [1.165, 1.54) is 0 Å². The zero-order valence-corrected chi connectivity index (χ0v) is 9.28. The normalized spacial score (nSPS) is 21.9. The molecule has 1 aliphatic rings. The van der Waals surface area contributed by atoms with Gasteiger partial charge >= 0.3 is 0 Å². The predicted octanol–water partition coefficient (Wildman–Crippen LogP) is 2.17. The van der Waals surface area contributed by atoms with Gasteiger partial charge in [-0.05, 0) is 32.1 Å². The second kappa shape index (κ2) is 4.18. The van der Waals surface area contributed by atoms with Crippen molar-refractivity contribution in [1.29, 1.82) is 0 Å². The van der Waals surface area contributed by atoms with Crippen molar-refractivity contribution in [3.05, 3.63) is 11.5 Å². The third-order valence-electron chi connectivity index (χ3n) is 1.72. The summed E-state index contributed by atoms with van der Waals surface area (Å²) in [6.07, 6.45) is 2.74. The van der Waals surface area contributed by atoms with Gasteiger partial charge < -0.3 is 5.32 Å². The van der Waals surface area contributed by atoms with Crippen LogP contribution in [0.15, 0.2) is 11.5 Å². The van der Waals surface area contributed by atoms with Crippen molar-refractivity contribution in [2.45, 2.75) is 32.7 Å². The first-order chi connectivity index (χ1) is 5.97. The highest BCUT2D eigenvalue weighted by Gasteiger charge is 2.18. The molecule has 1 unspecified atom stereocenters. The van der Waals surface area contributed by atoms with Crippen LogP contribution >= 0.6 is 11.8 Å². The molecule has 0 aromatic rings. The van der Waals surface area contributed by atoms with Crippen LogP contribution in [-0.2, 0) is 4.79 Å². The lowest BCUT2D eigenvalue weighted by Gasteiger charge is -2.21. The Bertz CT molecular complexity index is 217. The summed E-state index contributed by atoms with van der Waals surface area (Å²) in [5.74, 6) is 1.65. The lowest BCUT2D eigenvalue weighted by atomic mass is 10.1. The fraction of sp³-hybridized carbons (Fsp3) is 0.700. The van der Waals surface area contributed by atoms with E-state index in [-0.39, 0.29) is 11.4 Å². The van der Waals surface area contributed by atoms with Gasteiger partial charge in [-0.15, -0.1) is 11.8 Å². The fourth-order valence-electron chi connectivity index (χ4n) is 1.24. The van der Waals surface area contributed by atoms with Gasteiger partial charge in [0.1, 0.15) is 0 Å². The van der Waals surface area contributed by atoms with Crippen LogP contribution in [0.3, 0.4) is 0 Å². The number of hydrogen-bond acceptors (Lipinski definition) is 2. The second-order valence-electron chi connectivity index (χ2n) is 4.42. The molecule has 1 heterocycles. The van der Waals surface area contributed by atoms with Gasteiger partial charge in [0.05, 0.1) is 0 Å². The average Bonchev–Trinajstić information content (AvgIpc) is 2.34. The molecule has 74 valence electrons. The largest absolute Gasteiger partial charge is 0.351 e. The van der Waals surface area contributed by atoms with Gasteiger partial charge in [-0.1, -0.05) is 6.08 Å². The number of rotatable bonds is 2. The molecule has 0 aromatic carbocycles. The number of allylic oxidation sites excluding steroid dienone is 1. The van der Waals surface area contributed by atoms with Crippen LogP contribution in [0.1, 0.15) is 27.2 Å². The molecule has 0 bridgehead atoms. The van der Waals surface area contributed by atoms with E-state index >= 15 is 0 Å². The molecular weight excluding hydrogens is 182 g/mol. The van der Waals surface area contributed by atoms with E-state index in [1.807, 2.05) is 20.8 Å². The summed E-state index contributed by atoms with van der Waals surface area (Å²) in [4.78, 5) is 11.5. The molecule has 0 saturated carbocycles. The van der Waals surface area contributed by atoms with E-state index in [9.17, 15) is 4.79 Å². The highest BCUT2D eigenvalue weighted by atomic mass is 32.2. The van der Waals surface area contributed by atoms with Gasteiger partial charge in [-0.2, -0.15) is 0 Å². The van der Waals surface area contributed by atoms with Gasteiger partial charge in [0.2, 0.25) is 5.91 Å². The molecule has 1 N–H and O–H groups in total. The van der Waals surface area contributed by atoms with Gasteiger partial charge in [-0.25, -0.2) is 0 Å². The third-order valence-corrected chi connectivity index (χ3v) is 2.69. The lowest BCUT2D eigenvalue weighted by Crippen LogP contribution is -2.41. The molecule has 0 aromatic heterocycles. The van der Waals surface area contributed by atoms with E-state index in [2.05, 4.69) is 16.8 Å². The highest BCUT2D eigenvalue weighted by molar-refractivity contribution is 8.02. The minimum atomic E-state index is -0.105. The molecule has 0 spiro atoms. The first kappa shape index (κ1) is 10.6. The minimum Gasteiger partial charge on any atom is -0.351 e. The molecule has 0 aliphatic carbocycles. The Hall–Kier alpha value is -0.440. The quantitative estimate of drug-likeness (QED) is 0.738. The zero-order valence-electron chi connectivity index (χ0n) is 8.46. The monoisotopic (exact) mass is 199 g/mol. The molecule has 2 nitrogen and oxygen atoms in total. The van der Waals surface area contributed by atoms with E-state index in [0.717, 1.165) is 5.75 Å². The van der Waals surface area contributed by atoms with Crippen LogP contribution in [0.4, 0.5) is 0 Å². The minimum absolute atomic E-state index is 0.105. The van der Waals surface area contributed by atoms with Gasteiger partial charge in [-0.3, -0.25) is 4.79 Å². The summed E-state index contributed by atoms with van der Waals surface area (Å²) in [5, 5.41) is 5.04. The highest BCUT2D eigenvalue weighted by Crippen LogP contribution is 2.22. The van der Waals surface area contributed by atoms with Crippen LogP contribution < -0.4 is 5.32 Å². The molecule has 0 fully saturated rings. The average molecular weight is 199 g/mol. The molecule has 1 aliphatic heterocycles.